The van der Waals surface area contributed by atoms with E-state index in [0.29, 0.717) is 26.8 Å². The zero-order valence-electron chi connectivity index (χ0n) is 16.7. The highest BCUT2D eigenvalue weighted by Crippen LogP contribution is 2.30. The summed E-state index contributed by atoms with van der Waals surface area (Å²) in [6.07, 6.45) is 3.01. The molecule has 11 nitrogen and oxygen atoms in total. The smallest absolute Gasteiger partial charge is 0.264 e. The van der Waals surface area contributed by atoms with Crippen molar-refractivity contribution >= 4 is 69.7 Å². The molecule has 0 fully saturated rings. The van der Waals surface area contributed by atoms with Gasteiger partial charge in [-0.15, -0.1) is 20.4 Å². The maximum atomic E-state index is 12.3. The quantitative estimate of drug-likeness (QED) is 0.0929. The van der Waals surface area contributed by atoms with Crippen molar-refractivity contribution in [2.75, 3.05) is 22.3 Å². The number of benzene rings is 1. The Kier molecular flexibility index (Phi) is 7.83. The van der Waals surface area contributed by atoms with E-state index >= 15 is 0 Å². The summed E-state index contributed by atoms with van der Waals surface area (Å²) in [6, 6.07) is 11.1. The molecule has 0 aliphatic carbocycles. The Bertz CT molecular complexity index is 1240. The normalized spacial score (nSPS) is 11.2. The zero-order chi connectivity index (χ0) is 23.0. The average Bonchev–Trinajstić information content (AvgIpc) is 3.55. The van der Waals surface area contributed by atoms with Crippen molar-refractivity contribution in [1.82, 2.24) is 25.1 Å². The summed E-state index contributed by atoms with van der Waals surface area (Å²) in [7, 11) is 0. The van der Waals surface area contributed by atoms with Gasteiger partial charge in [-0.2, -0.15) is 5.10 Å². The first-order valence-corrected chi connectivity index (χ1v) is 12.4. The van der Waals surface area contributed by atoms with Crippen LogP contribution in [0.5, 0.6) is 0 Å². The van der Waals surface area contributed by atoms with E-state index in [-0.39, 0.29) is 17.6 Å². The van der Waals surface area contributed by atoms with Crippen molar-refractivity contribution in [3.8, 4) is 0 Å². The molecule has 4 rings (SSSR count). The fourth-order valence-corrected chi connectivity index (χ4v) is 5.04. The monoisotopic (exact) mass is 521 g/mol. The van der Waals surface area contributed by atoms with Crippen LogP contribution < -0.4 is 16.6 Å². The van der Waals surface area contributed by atoms with Crippen LogP contribution in [0.25, 0.3) is 0 Å². The summed E-state index contributed by atoms with van der Waals surface area (Å²) in [6.45, 7) is 0. The third-order valence-electron chi connectivity index (χ3n) is 3.86. The first-order valence-electron chi connectivity index (χ1n) is 9.24. The Balaban J connectivity index is 1.23. The van der Waals surface area contributed by atoms with Crippen LogP contribution in [0.4, 0.5) is 11.1 Å². The van der Waals surface area contributed by atoms with E-state index in [1.54, 1.807) is 12.1 Å². The molecular formula is C18H16ClN9O2S3. The van der Waals surface area contributed by atoms with Gasteiger partial charge in [-0.05, 0) is 23.8 Å². The summed E-state index contributed by atoms with van der Waals surface area (Å²) in [5.41, 5.74) is 3.67. The number of halogens is 1. The molecule has 3 heterocycles. The van der Waals surface area contributed by atoms with Crippen molar-refractivity contribution in [2.24, 2.45) is 5.10 Å². The van der Waals surface area contributed by atoms with Crippen LogP contribution in [-0.4, -0.2) is 42.9 Å². The second-order valence-electron chi connectivity index (χ2n) is 6.15. The van der Waals surface area contributed by atoms with Crippen LogP contribution >= 0.6 is 46.5 Å². The standard InChI is InChI=1S/C18H16ClN9O2S3/c19-13-6-2-1-4-11(13)9-32-18-27-25-16(33-18)22-14(29)10-31-17-26-24-15(28(17)20)23-21-8-12-5-3-7-30-12/h1-8H,9-10,20H2,(H,23,24)(H,22,25,29)/b21-8+. The molecule has 33 heavy (non-hydrogen) atoms. The van der Waals surface area contributed by atoms with Gasteiger partial charge in [0.05, 0.1) is 18.2 Å². The third kappa shape index (κ3) is 6.47. The number of nitrogen functional groups attached to an aromatic ring is 1. The van der Waals surface area contributed by atoms with E-state index in [1.165, 1.54) is 40.3 Å². The number of hydrogen-bond donors (Lipinski definition) is 3. The van der Waals surface area contributed by atoms with E-state index in [4.69, 9.17) is 21.9 Å². The molecule has 0 aliphatic heterocycles. The lowest BCUT2D eigenvalue weighted by Crippen LogP contribution is -2.16. The van der Waals surface area contributed by atoms with Crippen molar-refractivity contribution in [3.63, 3.8) is 0 Å². The first-order chi connectivity index (χ1) is 16.1. The van der Waals surface area contributed by atoms with E-state index in [1.807, 2.05) is 24.3 Å². The highest BCUT2D eigenvalue weighted by atomic mass is 35.5. The lowest BCUT2D eigenvalue weighted by Gasteiger charge is -2.03. The molecule has 3 aromatic heterocycles. The molecule has 0 bridgehead atoms. The number of hydrogen-bond acceptors (Lipinski definition) is 12. The minimum absolute atomic E-state index is 0.0622. The molecule has 0 saturated heterocycles. The number of nitrogens with zero attached hydrogens (tertiary/aromatic N) is 6. The van der Waals surface area contributed by atoms with E-state index in [9.17, 15) is 4.79 Å². The second kappa shape index (κ2) is 11.2. The van der Waals surface area contributed by atoms with Gasteiger partial charge in [0.2, 0.25) is 16.2 Å². The Labute approximate surface area is 205 Å². The number of rotatable bonds is 10. The molecule has 4 aromatic rings. The Morgan fingerprint density at radius 1 is 1.21 bits per heavy atom. The summed E-state index contributed by atoms with van der Waals surface area (Å²) in [5.74, 6) is 7.18. The lowest BCUT2D eigenvalue weighted by molar-refractivity contribution is -0.113. The molecule has 0 unspecified atom stereocenters. The van der Waals surface area contributed by atoms with Crippen LogP contribution in [0.2, 0.25) is 5.02 Å². The predicted octanol–water partition coefficient (Wildman–Crippen LogP) is 3.56. The fourth-order valence-electron chi connectivity index (χ4n) is 2.33. The Hall–Kier alpha value is -3.07. The number of nitrogens with one attached hydrogen (secondary N) is 2. The van der Waals surface area contributed by atoms with Crippen molar-refractivity contribution in [2.45, 2.75) is 15.2 Å². The predicted molar refractivity (Wildman–Crippen MR) is 130 cm³/mol. The van der Waals surface area contributed by atoms with E-state index in [0.717, 1.165) is 21.7 Å². The topological polar surface area (TPSA) is 149 Å². The van der Waals surface area contributed by atoms with Gasteiger partial charge < -0.3 is 10.3 Å². The summed E-state index contributed by atoms with van der Waals surface area (Å²) in [4.78, 5) is 12.3. The molecule has 1 amide bonds. The van der Waals surface area contributed by atoms with Gasteiger partial charge >= 0.3 is 0 Å². The number of anilines is 2. The average molecular weight is 522 g/mol. The van der Waals surface area contributed by atoms with Crippen molar-refractivity contribution in [1.29, 1.82) is 0 Å². The van der Waals surface area contributed by atoms with Crippen LogP contribution in [0.1, 0.15) is 11.3 Å². The number of thioether (sulfide) groups is 2. The van der Waals surface area contributed by atoms with Crippen LogP contribution in [0, 0.1) is 0 Å². The molecular weight excluding hydrogens is 506 g/mol. The maximum Gasteiger partial charge on any atom is 0.264 e. The molecule has 4 N–H and O–H groups in total. The van der Waals surface area contributed by atoms with Crippen molar-refractivity contribution in [3.05, 3.63) is 59.0 Å². The molecule has 0 radical (unpaired) electrons. The summed E-state index contributed by atoms with van der Waals surface area (Å²) >= 11 is 10.1. The molecule has 0 saturated carbocycles. The highest BCUT2D eigenvalue weighted by molar-refractivity contribution is 8.00. The number of aromatic nitrogens is 5. The fraction of sp³-hybridized carbons (Fsp3) is 0.111. The van der Waals surface area contributed by atoms with Gasteiger partial charge in [0, 0.05) is 10.8 Å². The molecule has 170 valence electrons. The largest absolute Gasteiger partial charge is 0.463 e. The van der Waals surface area contributed by atoms with Gasteiger partial charge in [0.15, 0.2) is 4.34 Å². The second-order valence-corrected chi connectivity index (χ2v) is 9.70. The van der Waals surface area contributed by atoms with Gasteiger partial charge in [-0.1, -0.05) is 64.7 Å². The van der Waals surface area contributed by atoms with Gasteiger partial charge in [-0.3, -0.25) is 10.1 Å². The number of carbonyl (C=O) groups excluding carboxylic acids is 1. The lowest BCUT2D eigenvalue weighted by atomic mass is 10.2. The summed E-state index contributed by atoms with van der Waals surface area (Å²) < 4.78 is 7.06. The number of furan rings is 1. The molecule has 0 spiro atoms. The van der Waals surface area contributed by atoms with Crippen molar-refractivity contribution < 1.29 is 9.21 Å². The van der Waals surface area contributed by atoms with Gasteiger partial charge in [0.25, 0.3) is 5.95 Å². The molecule has 1 aromatic carbocycles. The highest BCUT2D eigenvalue weighted by Gasteiger charge is 2.14. The Morgan fingerprint density at radius 2 is 2.09 bits per heavy atom. The first kappa shape index (κ1) is 23.1. The van der Waals surface area contributed by atoms with Crippen LogP contribution in [0.15, 0.2) is 61.7 Å². The summed E-state index contributed by atoms with van der Waals surface area (Å²) in [5, 5.41) is 24.1. The SMILES string of the molecule is Nn1c(N/N=C/c2ccco2)nnc1SCC(=O)Nc1nnc(SCc2ccccc2Cl)s1. The molecule has 15 heteroatoms. The minimum atomic E-state index is -0.271. The van der Waals surface area contributed by atoms with Gasteiger partial charge in [-0.25, -0.2) is 10.1 Å². The van der Waals surface area contributed by atoms with Gasteiger partial charge in [0.1, 0.15) is 5.76 Å². The van der Waals surface area contributed by atoms with E-state index < -0.39 is 0 Å². The minimum Gasteiger partial charge on any atom is -0.463 e. The number of nitrogens with two attached hydrogens (primary N) is 1. The zero-order valence-corrected chi connectivity index (χ0v) is 19.9. The van der Waals surface area contributed by atoms with Crippen LogP contribution in [-0.2, 0) is 10.5 Å². The van der Waals surface area contributed by atoms with E-state index in [2.05, 4.69) is 36.2 Å². The third-order valence-corrected chi connectivity index (χ3v) is 7.19. The maximum absolute atomic E-state index is 12.3. The number of amides is 1. The molecule has 0 atom stereocenters. The number of hydrazone groups is 1. The number of carbonyl (C=O) groups is 1. The molecule has 0 aliphatic rings. The van der Waals surface area contributed by atoms with Crippen LogP contribution in [0.3, 0.4) is 0 Å². The Morgan fingerprint density at radius 3 is 2.91 bits per heavy atom.